The van der Waals surface area contributed by atoms with E-state index in [-0.39, 0.29) is 53.5 Å². The molecule has 24 heavy (non-hydrogen) atoms. The predicted molar refractivity (Wildman–Crippen MR) is 110 cm³/mol. The highest BCUT2D eigenvalue weighted by molar-refractivity contribution is 14.0. The maximum Gasteiger partial charge on any atom is 0.243 e. The Hall–Kier alpha value is -0.830. The number of ether oxygens (including phenoxy) is 1. The van der Waals surface area contributed by atoms with E-state index < -0.39 is 0 Å². The lowest BCUT2D eigenvalue weighted by atomic mass is 9.56. The van der Waals surface area contributed by atoms with Gasteiger partial charge in [-0.15, -0.1) is 24.0 Å². The summed E-state index contributed by atoms with van der Waals surface area (Å²) in [6.45, 7) is 13.1. The van der Waals surface area contributed by atoms with Crippen LogP contribution in [-0.2, 0) is 9.53 Å². The highest BCUT2D eigenvalue weighted by Gasteiger charge is 2.58. The van der Waals surface area contributed by atoms with Crippen molar-refractivity contribution < 1.29 is 9.53 Å². The highest BCUT2D eigenvalue weighted by atomic mass is 127. The lowest BCUT2D eigenvalue weighted by molar-refractivity contribution is -0.176. The van der Waals surface area contributed by atoms with Crippen molar-refractivity contribution in [1.29, 1.82) is 0 Å². The minimum Gasteiger partial charge on any atom is -0.378 e. The first-order chi connectivity index (χ1) is 10.5. The number of amides is 1. The largest absolute Gasteiger partial charge is 0.378 e. The molecule has 2 atom stereocenters. The van der Waals surface area contributed by atoms with Crippen LogP contribution in [0.15, 0.2) is 17.1 Å². The number of hydrogen-bond acceptors (Lipinski definition) is 3. The third kappa shape index (κ3) is 5.34. The average molecular weight is 452 g/mol. The zero-order valence-corrected chi connectivity index (χ0v) is 18.4. The summed E-state index contributed by atoms with van der Waals surface area (Å²) in [6, 6.07) is 0.235. The summed E-state index contributed by atoms with van der Waals surface area (Å²) in [5.74, 6) is 0.607. The Morgan fingerprint density at radius 1 is 1.38 bits per heavy atom. The van der Waals surface area contributed by atoms with Gasteiger partial charge in [-0.1, -0.05) is 26.0 Å². The summed E-state index contributed by atoms with van der Waals surface area (Å²) in [5, 5.41) is 6.65. The van der Waals surface area contributed by atoms with Crippen LogP contribution in [0.5, 0.6) is 0 Å². The van der Waals surface area contributed by atoms with Crippen molar-refractivity contribution in [3.8, 4) is 0 Å². The summed E-state index contributed by atoms with van der Waals surface area (Å²) in [5.41, 5.74) is 0.829. The molecule has 0 aromatic rings. The summed E-state index contributed by atoms with van der Waals surface area (Å²) in [4.78, 5) is 17.7. The van der Waals surface area contributed by atoms with Crippen molar-refractivity contribution in [2.24, 2.45) is 10.4 Å². The number of rotatable bonds is 6. The minimum absolute atomic E-state index is 0. The van der Waals surface area contributed by atoms with Gasteiger partial charge in [-0.3, -0.25) is 4.79 Å². The minimum atomic E-state index is -0.149. The second-order valence-electron chi connectivity index (χ2n) is 7.32. The molecule has 0 saturated heterocycles. The molecule has 0 bridgehead atoms. The number of aliphatic imine (C=N–C) groups is 1. The highest BCUT2D eigenvalue weighted by Crippen LogP contribution is 2.51. The smallest absolute Gasteiger partial charge is 0.243 e. The van der Waals surface area contributed by atoms with Crippen LogP contribution in [0.3, 0.4) is 0 Å². The van der Waals surface area contributed by atoms with Crippen molar-refractivity contribution in [2.75, 3.05) is 34.3 Å². The van der Waals surface area contributed by atoms with E-state index in [1.54, 1.807) is 21.2 Å². The van der Waals surface area contributed by atoms with Gasteiger partial charge >= 0.3 is 0 Å². The molecule has 1 fully saturated rings. The van der Waals surface area contributed by atoms with Gasteiger partial charge < -0.3 is 20.3 Å². The van der Waals surface area contributed by atoms with E-state index >= 15 is 0 Å². The van der Waals surface area contributed by atoms with Crippen molar-refractivity contribution in [3.63, 3.8) is 0 Å². The number of carbonyl (C=O) groups is 1. The molecule has 1 aliphatic carbocycles. The van der Waals surface area contributed by atoms with E-state index in [0.29, 0.717) is 12.5 Å². The Balaban J connectivity index is 0.00000529. The second-order valence-corrected chi connectivity index (χ2v) is 7.32. The second kappa shape index (κ2) is 9.03. The van der Waals surface area contributed by atoms with Crippen molar-refractivity contribution in [1.82, 2.24) is 15.5 Å². The van der Waals surface area contributed by atoms with Crippen LogP contribution >= 0.6 is 24.0 Å². The van der Waals surface area contributed by atoms with E-state index in [0.717, 1.165) is 12.0 Å². The van der Waals surface area contributed by atoms with Crippen LogP contribution < -0.4 is 10.6 Å². The molecule has 1 rings (SSSR count). The Morgan fingerprint density at radius 3 is 2.38 bits per heavy atom. The lowest BCUT2D eigenvalue weighted by Crippen LogP contribution is -2.69. The Bertz CT molecular complexity index is 491. The monoisotopic (exact) mass is 452 g/mol. The molecule has 2 unspecified atom stereocenters. The molecule has 2 N–H and O–H groups in total. The molecule has 0 spiro atoms. The van der Waals surface area contributed by atoms with Crippen molar-refractivity contribution in [3.05, 3.63) is 12.2 Å². The number of nitrogens with one attached hydrogen (secondary N) is 2. The van der Waals surface area contributed by atoms with Crippen LogP contribution in [0.1, 0.15) is 34.1 Å². The van der Waals surface area contributed by atoms with E-state index in [1.807, 2.05) is 6.92 Å². The van der Waals surface area contributed by atoms with Crippen molar-refractivity contribution in [2.45, 2.75) is 45.8 Å². The Labute approximate surface area is 163 Å². The first-order valence-corrected chi connectivity index (χ1v) is 7.98. The third-order valence-electron chi connectivity index (χ3n) is 5.02. The molecule has 1 amide bonds. The number of nitrogens with zero attached hydrogens (tertiary/aromatic N) is 2. The van der Waals surface area contributed by atoms with Gasteiger partial charge in [0.1, 0.15) is 6.54 Å². The molecular weight excluding hydrogens is 419 g/mol. The van der Waals surface area contributed by atoms with Crippen LogP contribution in [-0.4, -0.2) is 62.7 Å². The van der Waals surface area contributed by atoms with Gasteiger partial charge in [-0.2, -0.15) is 0 Å². The molecule has 0 aromatic carbocycles. The van der Waals surface area contributed by atoms with E-state index in [2.05, 4.69) is 43.0 Å². The average Bonchev–Trinajstić information content (AvgIpc) is 2.47. The van der Waals surface area contributed by atoms with Gasteiger partial charge in [0.15, 0.2) is 5.96 Å². The van der Waals surface area contributed by atoms with E-state index in [1.165, 1.54) is 4.90 Å². The van der Waals surface area contributed by atoms with Gasteiger partial charge in [0.2, 0.25) is 5.91 Å². The fourth-order valence-corrected chi connectivity index (χ4v) is 2.56. The number of hydrogen-bond donors (Lipinski definition) is 2. The topological polar surface area (TPSA) is 66.0 Å². The van der Waals surface area contributed by atoms with E-state index in [4.69, 9.17) is 4.74 Å². The normalized spacial score (nSPS) is 25.1. The van der Waals surface area contributed by atoms with E-state index in [9.17, 15) is 4.79 Å². The number of halogens is 1. The molecule has 140 valence electrons. The molecule has 1 saturated carbocycles. The number of carbonyl (C=O) groups excluding carboxylic acids is 1. The molecule has 0 heterocycles. The lowest BCUT2D eigenvalue weighted by Gasteiger charge is -2.59. The van der Waals surface area contributed by atoms with Crippen LogP contribution in [0.2, 0.25) is 0 Å². The van der Waals surface area contributed by atoms with Gasteiger partial charge in [-0.25, -0.2) is 4.99 Å². The van der Waals surface area contributed by atoms with Crippen LogP contribution in [0.4, 0.5) is 0 Å². The molecule has 0 aliphatic heterocycles. The first kappa shape index (κ1) is 23.2. The van der Waals surface area contributed by atoms with Gasteiger partial charge in [0.25, 0.3) is 0 Å². The summed E-state index contributed by atoms with van der Waals surface area (Å²) < 4.78 is 5.65. The first-order valence-electron chi connectivity index (χ1n) is 7.98. The Kier molecular flexibility index (Phi) is 8.72. The number of likely N-dealkylation sites (N-methyl/N-ethyl adjacent to an activating group) is 1. The summed E-state index contributed by atoms with van der Waals surface area (Å²) in [6.07, 6.45) is 0.895. The molecule has 7 heteroatoms. The summed E-state index contributed by atoms with van der Waals surface area (Å²) >= 11 is 0. The van der Waals surface area contributed by atoms with Crippen LogP contribution in [0.25, 0.3) is 0 Å². The number of methoxy groups -OCH3 is 1. The quantitative estimate of drug-likeness (QED) is 0.280. The Morgan fingerprint density at radius 2 is 1.96 bits per heavy atom. The molecule has 6 nitrogen and oxygen atoms in total. The maximum atomic E-state index is 11.8. The molecule has 1 aliphatic rings. The number of guanidine groups is 1. The summed E-state index contributed by atoms with van der Waals surface area (Å²) in [7, 11) is 5.21. The zero-order valence-electron chi connectivity index (χ0n) is 16.0. The molecular formula is C17H33IN4O2. The van der Waals surface area contributed by atoms with Crippen molar-refractivity contribution >= 4 is 35.8 Å². The SMILES string of the molecule is C=C(C)CNC(=NCC(=O)N(C)C)NC1CC(C)(OC)C1(C)C.I. The third-order valence-corrected chi connectivity index (χ3v) is 5.02. The standard InChI is InChI=1S/C17H32N4O2.HI/c1-12(2)10-18-15(19-11-14(22)21(6)7)20-13-9-17(5,23-8)16(13,3)4;/h13H,1,9-11H2,2-8H3,(H2,18,19,20);1H. The molecule has 0 radical (unpaired) electrons. The van der Waals surface area contributed by atoms with Gasteiger partial charge in [0, 0.05) is 39.2 Å². The molecule has 0 aromatic heterocycles. The zero-order chi connectivity index (χ0) is 17.8. The fourth-order valence-electron chi connectivity index (χ4n) is 2.56. The van der Waals surface area contributed by atoms with Crippen LogP contribution in [0, 0.1) is 5.41 Å². The fraction of sp³-hybridized carbons (Fsp3) is 0.765. The van der Waals surface area contributed by atoms with Gasteiger partial charge in [0.05, 0.1) is 5.60 Å². The van der Waals surface area contributed by atoms with Gasteiger partial charge in [-0.05, 0) is 20.3 Å². The maximum absolute atomic E-state index is 11.8. The predicted octanol–water partition coefficient (Wildman–Crippen LogP) is 2.01.